The number of fused-ring (bicyclic) bond motifs is 5. The number of hydrogen-bond donors (Lipinski definition) is 0. The highest BCUT2D eigenvalue weighted by molar-refractivity contribution is 9.09. The Morgan fingerprint density at radius 3 is 2.92 bits per heavy atom. The molecule has 0 aliphatic heterocycles. The standard InChI is InChI=1S/C10H12BrNO/c11-9-7-4-8(10(9)12-13)6-3-1-2-5(6)7/h1,3,5-10H,2,4H2/t5-,6+,7-,8-,9+,10-/m0/s1. The number of halogens is 1. The number of alkyl halides is 1. The molecule has 3 aliphatic carbocycles. The van der Waals surface area contributed by atoms with Crippen LogP contribution in [-0.4, -0.2) is 10.9 Å². The van der Waals surface area contributed by atoms with Crippen LogP contribution in [0.5, 0.6) is 0 Å². The maximum absolute atomic E-state index is 10.7. The Labute approximate surface area is 85.9 Å². The highest BCUT2D eigenvalue weighted by atomic mass is 79.9. The number of nitrogens with zero attached hydrogens (tertiary/aromatic N) is 1. The van der Waals surface area contributed by atoms with Crippen molar-refractivity contribution in [2.45, 2.75) is 23.7 Å². The van der Waals surface area contributed by atoms with E-state index in [1.807, 2.05) is 0 Å². The minimum atomic E-state index is 0.0361. The molecule has 0 unspecified atom stereocenters. The molecular formula is C10H12BrNO. The molecule has 2 nitrogen and oxygen atoms in total. The molecule has 6 atom stereocenters. The molecule has 0 spiro atoms. The molecule has 0 aromatic heterocycles. The number of nitroso groups, excluding NO2 is 1. The summed E-state index contributed by atoms with van der Waals surface area (Å²) in [6, 6.07) is 0.0361. The van der Waals surface area contributed by atoms with Crippen molar-refractivity contribution in [2.75, 3.05) is 0 Å². The van der Waals surface area contributed by atoms with Gasteiger partial charge in [-0.2, -0.15) is 4.91 Å². The van der Waals surface area contributed by atoms with Crippen molar-refractivity contribution in [3.8, 4) is 0 Å². The molecule has 0 amide bonds. The highest BCUT2D eigenvalue weighted by Gasteiger charge is 2.57. The second kappa shape index (κ2) is 2.66. The molecule has 0 aromatic carbocycles. The smallest absolute Gasteiger partial charge is 0.108 e. The van der Waals surface area contributed by atoms with Crippen LogP contribution in [0, 0.1) is 28.6 Å². The zero-order valence-electron chi connectivity index (χ0n) is 7.27. The Morgan fingerprint density at radius 1 is 1.31 bits per heavy atom. The van der Waals surface area contributed by atoms with E-state index in [1.165, 1.54) is 12.8 Å². The average Bonchev–Trinajstić information content (AvgIpc) is 2.71. The van der Waals surface area contributed by atoms with Crippen LogP contribution >= 0.6 is 15.9 Å². The molecule has 2 fully saturated rings. The van der Waals surface area contributed by atoms with E-state index in [0.717, 1.165) is 5.92 Å². The van der Waals surface area contributed by atoms with Gasteiger partial charge in [-0.1, -0.05) is 33.3 Å². The van der Waals surface area contributed by atoms with Crippen LogP contribution in [0.25, 0.3) is 0 Å². The van der Waals surface area contributed by atoms with Crippen LogP contribution < -0.4 is 0 Å². The lowest BCUT2D eigenvalue weighted by Gasteiger charge is -2.31. The van der Waals surface area contributed by atoms with Crippen molar-refractivity contribution in [1.82, 2.24) is 0 Å². The Morgan fingerprint density at radius 2 is 2.15 bits per heavy atom. The highest BCUT2D eigenvalue weighted by Crippen LogP contribution is 2.59. The third kappa shape index (κ3) is 0.888. The summed E-state index contributed by atoms with van der Waals surface area (Å²) in [5.74, 6) is 2.72. The van der Waals surface area contributed by atoms with E-state index in [-0.39, 0.29) is 6.04 Å². The Kier molecular flexibility index (Phi) is 1.67. The first kappa shape index (κ1) is 8.16. The summed E-state index contributed by atoms with van der Waals surface area (Å²) in [4.78, 5) is 11.0. The van der Waals surface area contributed by atoms with E-state index in [1.54, 1.807) is 0 Å². The first-order valence-electron chi connectivity index (χ1n) is 4.96. The minimum absolute atomic E-state index is 0.0361. The first-order valence-corrected chi connectivity index (χ1v) is 5.87. The lowest BCUT2D eigenvalue weighted by atomic mass is 9.79. The summed E-state index contributed by atoms with van der Waals surface area (Å²) < 4.78 is 0. The summed E-state index contributed by atoms with van der Waals surface area (Å²) in [5, 5.41) is 3.28. The van der Waals surface area contributed by atoms with E-state index < -0.39 is 0 Å². The third-order valence-corrected chi connectivity index (χ3v) is 5.37. The van der Waals surface area contributed by atoms with Gasteiger partial charge >= 0.3 is 0 Å². The van der Waals surface area contributed by atoms with Gasteiger partial charge in [0.25, 0.3) is 0 Å². The van der Waals surface area contributed by atoms with Gasteiger partial charge in [-0.15, -0.1) is 0 Å². The van der Waals surface area contributed by atoms with E-state index in [0.29, 0.717) is 22.6 Å². The fourth-order valence-corrected chi connectivity index (χ4v) is 4.71. The summed E-state index contributed by atoms with van der Waals surface area (Å²) in [5.41, 5.74) is 0. The maximum atomic E-state index is 10.7. The summed E-state index contributed by atoms with van der Waals surface area (Å²) in [6.07, 6.45) is 7.03. The fourth-order valence-electron chi connectivity index (χ4n) is 3.62. The van der Waals surface area contributed by atoms with Crippen LogP contribution in [0.2, 0.25) is 0 Å². The Bertz CT molecular complexity index is 276. The zero-order chi connectivity index (χ0) is 9.00. The van der Waals surface area contributed by atoms with Crippen molar-refractivity contribution in [3.05, 3.63) is 17.1 Å². The van der Waals surface area contributed by atoms with Crippen LogP contribution in [0.3, 0.4) is 0 Å². The quantitative estimate of drug-likeness (QED) is 0.395. The van der Waals surface area contributed by atoms with E-state index >= 15 is 0 Å². The van der Waals surface area contributed by atoms with Gasteiger partial charge < -0.3 is 0 Å². The fraction of sp³-hybridized carbons (Fsp3) is 0.800. The van der Waals surface area contributed by atoms with Crippen molar-refractivity contribution >= 4 is 15.9 Å². The van der Waals surface area contributed by atoms with Crippen LogP contribution in [-0.2, 0) is 0 Å². The van der Waals surface area contributed by atoms with Gasteiger partial charge in [0, 0.05) is 4.83 Å². The van der Waals surface area contributed by atoms with Crippen molar-refractivity contribution < 1.29 is 0 Å². The van der Waals surface area contributed by atoms with Crippen LogP contribution in [0.4, 0.5) is 0 Å². The van der Waals surface area contributed by atoms with Gasteiger partial charge in [-0.05, 0) is 36.5 Å². The molecule has 2 saturated carbocycles. The molecule has 13 heavy (non-hydrogen) atoms. The molecule has 70 valence electrons. The largest absolute Gasteiger partial charge is 0.150 e. The lowest BCUT2D eigenvalue weighted by molar-refractivity contribution is 0.269. The SMILES string of the molecule is O=N[C@@H]1[C@H](Br)[C@H]2C[C@H]1[C@@H]1C=CC[C@@H]12. The molecule has 3 rings (SSSR count). The monoisotopic (exact) mass is 241 g/mol. The molecule has 0 saturated heterocycles. The summed E-state index contributed by atoms with van der Waals surface area (Å²) >= 11 is 3.64. The third-order valence-electron chi connectivity index (χ3n) is 4.15. The predicted molar refractivity (Wildman–Crippen MR) is 54.6 cm³/mol. The van der Waals surface area contributed by atoms with Gasteiger partial charge in [0.05, 0.1) is 0 Å². The van der Waals surface area contributed by atoms with Crippen molar-refractivity contribution in [1.29, 1.82) is 0 Å². The van der Waals surface area contributed by atoms with Crippen molar-refractivity contribution in [3.63, 3.8) is 0 Å². The molecule has 3 heteroatoms. The zero-order valence-corrected chi connectivity index (χ0v) is 8.85. The minimum Gasteiger partial charge on any atom is -0.150 e. The van der Waals surface area contributed by atoms with Gasteiger partial charge in [-0.25, -0.2) is 0 Å². The lowest BCUT2D eigenvalue weighted by Crippen LogP contribution is -2.35. The van der Waals surface area contributed by atoms with E-state index in [2.05, 4.69) is 33.3 Å². The summed E-state index contributed by atoms with van der Waals surface area (Å²) in [7, 11) is 0. The molecule has 2 bridgehead atoms. The van der Waals surface area contributed by atoms with E-state index in [9.17, 15) is 4.91 Å². The molecule has 0 heterocycles. The van der Waals surface area contributed by atoms with Gasteiger partial charge in [0.2, 0.25) is 0 Å². The topological polar surface area (TPSA) is 29.4 Å². The Balaban J connectivity index is 1.94. The maximum Gasteiger partial charge on any atom is 0.108 e. The molecule has 0 N–H and O–H groups in total. The van der Waals surface area contributed by atoms with Crippen LogP contribution in [0.15, 0.2) is 17.3 Å². The second-order valence-corrected chi connectivity index (χ2v) is 5.57. The van der Waals surface area contributed by atoms with Crippen molar-refractivity contribution in [2.24, 2.45) is 28.8 Å². The molecule has 3 aliphatic rings. The molecule has 0 radical (unpaired) electrons. The number of rotatable bonds is 1. The average molecular weight is 242 g/mol. The molecular weight excluding hydrogens is 230 g/mol. The van der Waals surface area contributed by atoms with Gasteiger partial charge in [0.1, 0.15) is 6.04 Å². The normalized spacial score (nSPS) is 57.0. The molecule has 0 aromatic rings. The van der Waals surface area contributed by atoms with E-state index in [4.69, 9.17) is 0 Å². The second-order valence-electron chi connectivity index (χ2n) is 4.51. The number of allylic oxidation sites excluding steroid dienone is 2. The first-order chi connectivity index (χ1) is 6.33. The summed E-state index contributed by atoms with van der Waals surface area (Å²) in [6.45, 7) is 0. The predicted octanol–water partition coefficient (Wildman–Crippen LogP) is 2.73. The number of hydrogen-bond acceptors (Lipinski definition) is 2. The van der Waals surface area contributed by atoms with Crippen LogP contribution in [0.1, 0.15) is 12.8 Å². The van der Waals surface area contributed by atoms with Gasteiger partial charge in [0.15, 0.2) is 0 Å². The Hall–Kier alpha value is -0.180. The van der Waals surface area contributed by atoms with Gasteiger partial charge in [-0.3, -0.25) is 0 Å².